The number of benzene rings is 2. The number of halogens is 4. The fourth-order valence-electron chi connectivity index (χ4n) is 3.43. The van der Waals surface area contributed by atoms with Crippen molar-refractivity contribution in [2.24, 2.45) is 0 Å². The second-order valence-corrected chi connectivity index (χ2v) is 6.98. The zero-order valence-electron chi connectivity index (χ0n) is 15.6. The highest BCUT2D eigenvalue weighted by molar-refractivity contribution is 5.72. The first-order valence-corrected chi connectivity index (χ1v) is 9.08. The topological polar surface area (TPSA) is 32.3 Å². The first-order chi connectivity index (χ1) is 13.9. The van der Waals surface area contributed by atoms with Crippen molar-refractivity contribution in [1.82, 2.24) is 15.1 Å². The SMILES string of the molecule is CN1CCN(c2ccc(F)c(F)c2)c2ccc(-c3ccc(C(F)F)nn3)cc2C1. The molecule has 0 saturated heterocycles. The summed E-state index contributed by atoms with van der Waals surface area (Å²) in [5.74, 6) is -1.78. The van der Waals surface area contributed by atoms with Crippen LogP contribution >= 0.6 is 0 Å². The van der Waals surface area contributed by atoms with E-state index in [2.05, 4.69) is 15.1 Å². The molecular formula is C21H18F4N4. The van der Waals surface area contributed by atoms with E-state index in [1.54, 1.807) is 6.07 Å². The highest BCUT2D eigenvalue weighted by Crippen LogP contribution is 2.34. The van der Waals surface area contributed by atoms with Crippen molar-refractivity contribution in [3.05, 3.63) is 71.4 Å². The molecule has 0 fully saturated rings. The molecule has 0 saturated carbocycles. The highest BCUT2D eigenvalue weighted by atomic mass is 19.3. The van der Waals surface area contributed by atoms with Crippen molar-refractivity contribution in [3.63, 3.8) is 0 Å². The van der Waals surface area contributed by atoms with Gasteiger partial charge in [0.05, 0.1) is 5.69 Å². The summed E-state index contributed by atoms with van der Waals surface area (Å²) in [6, 6.07) is 12.3. The van der Waals surface area contributed by atoms with Crippen LogP contribution in [0.4, 0.5) is 28.9 Å². The fraction of sp³-hybridized carbons (Fsp3) is 0.238. The van der Waals surface area contributed by atoms with E-state index >= 15 is 0 Å². The summed E-state index contributed by atoms with van der Waals surface area (Å²) in [5.41, 5.74) is 3.27. The predicted octanol–water partition coefficient (Wildman–Crippen LogP) is 4.94. The van der Waals surface area contributed by atoms with E-state index < -0.39 is 18.1 Å². The molecule has 0 amide bonds. The maximum atomic E-state index is 13.8. The Morgan fingerprint density at radius 2 is 1.72 bits per heavy atom. The summed E-state index contributed by atoms with van der Waals surface area (Å²) < 4.78 is 52.6. The van der Waals surface area contributed by atoms with Gasteiger partial charge in [-0.1, -0.05) is 6.07 Å². The van der Waals surface area contributed by atoms with Gasteiger partial charge in [-0.2, -0.15) is 5.10 Å². The molecule has 0 unspecified atom stereocenters. The van der Waals surface area contributed by atoms with Crippen LogP contribution in [0.5, 0.6) is 0 Å². The average molecular weight is 402 g/mol. The van der Waals surface area contributed by atoms with Gasteiger partial charge >= 0.3 is 0 Å². The van der Waals surface area contributed by atoms with Crippen molar-refractivity contribution in [2.75, 3.05) is 25.0 Å². The lowest BCUT2D eigenvalue weighted by Gasteiger charge is -2.25. The summed E-state index contributed by atoms with van der Waals surface area (Å²) in [5, 5.41) is 7.49. The Kier molecular flexibility index (Phi) is 5.19. The molecule has 29 heavy (non-hydrogen) atoms. The molecule has 150 valence electrons. The minimum absolute atomic E-state index is 0.368. The summed E-state index contributed by atoms with van der Waals surface area (Å²) >= 11 is 0. The molecule has 2 aromatic carbocycles. The van der Waals surface area contributed by atoms with Gasteiger partial charge in [-0.15, -0.1) is 5.10 Å². The molecule has 0 radical (unpaired) electrons. The number of rotatable bonds is 3. The molecular weight excluding hydrogens is 384 g/mol. The van der Waals surface area contributed by atoms with E-state index in [4.69, 9.17) is 0 Å². The molecule has 1 aromatic heterocycles. The van der Waals surface area contributed by atoms with Gasteiger partial charge in [0.15, 0.2) is 11.6 Å². The fourth-order valence-corrected chi connectivity index (χ4v) is 3.43. The van der Waals surface area contributed by atoms with Crippen LogP contribution in [0, 0.1) is 11.6 Å². The van der Waals surface area contributed by atoms with Crippen LogP contribution in [0.25, 0.3) is 11.3 Å². The number of likely N-dealkylation sites (N-methyl/N-ethyl adjacent to an activating group) is 1. The Hall–Kier alpha value is -3.00. The number of anilines is 2. The standard InChI is InChI=1S/C21H18F4N4/c1-28-8-9-29(15-3-4-16(22)17(23)11-15)20-7-2-13(10-14(20)12-28)18-5-6-19(21(24)25)27-26-18/h2-7,10-11,21H,8-9,12H2,1H3. The summed E-state index contributed by atoms with van der Waals surface area (Å²) in [6.07, 6.45) is -2.66. The predicted molar refractivity (Wildman–Crippen MR) is 102 cm³/mol. The van der Waals surface area contributed by atoms with Gasteiger partial charge < -0.3 is 9.80 Å². The molecule has 1 aliphatic heterocycles. The van der Waals surface area contributed by atoms with Crippen LogP contribution in [0.1, 0.15) is 17.7 Å². The number of hydrogen-bond acceptors (Lipinski definition) is 4. The zero-order chi connectivity index (χ0) is 20.5. The van der Waals surface area contributed by atoms with Crippen LogP contribution in [-0.2, 0) is 6.54 Å². The number of alkyl halides is 2. The molecule has 3 aromatic rings. The number of aromatic nitrogens is 2. The van der Waals surface area contributed by atoms with Gasteiger partial charge in [0.25, 0.3) is 6.43 Å². The smallest absolute Gasteiger partial charge is 0.282 e. The van der Waals surface area contributed by atoms with Crippen molar-refractivity contribution < 1.29 is 17.6 Å². The molecule has 4 nitrogen and oxygen atoms in total. The van der Waals surface area contributed by atoms with Gasteiger partial charge in [0.2, 0.25) is 0 Å². The van der Waals surface area contributed by atoms with Crippen molar-refractivity contribution in [1.29, 1.82) is 0 Å². The van der Waals surface area contributed by atoms with Crippen LogP contribution < -0.4 is 4.90 Å². The van der Waals surface area contributed by atoms with Crippen molar-refractivity contribution in [2.45, 2.75) is 13.0 Å². The van der Waals surface area contributed by atoms with Gasteiger partial charge in [-0.25, -0.2) is 17.6 Å². The summed E-state index contributed by atoms with van der Waals surface area (Å²) in [7, 11) is 1.97. The van der Waals surface area contributed by atoms with Gasteiger partial charge in [-0.3, -0.25) is 0 Å². The van der Waals surface area contributed by atoms with E-state index in [1.807, 2.05) is 30.1 Å². The van der Waals surface area contributed by atoms with Crippen LogP contribution in [0.2, 0.25) is 0 Å². The number of fused-ring (bicyclic) bond motifs is 1. The van der Waals surface area contributed by atoms with Gasteiger partial charge in [0, 0.05) is 42.6 Å². The second-order valence-electron chi connectivity index (χ2n) is 6.98. The number of hydrogen-bond donors (Lipinski definition) is 0. The third kappa shape index (κ3) is 3.93. The summed E-state index contributed by atoms with van der Waals surface area (Å²) in [6.45, 7) is 1.98. The second kappa shape index (κ2) is 7.79. The van der Waals surface area contributed by atoms with Crippen molar-refractivity contribution >= 4 is 11.4 Å². The number of nitrogens with zero attached hydrogens (tertiary/aromatic N) is 4. The lowest BCUT2D eigenvalue weighted by Crippen LogP contribution is -2.26. The highest BCUT2D eigenvalue weighted by Gasteiger charge is 2.21. The Labute approximate surface area is 165 Å². The Balaban J connectivity index is 1.73. The Morgan fingerprint density at radius 3 is 2.41 bits per heavy atom. The van der Waals surface area contributed by atoms with Crippen LogP contribution in [0.3, 0.4) is 0 Å². The molecule has 0 atom stereocenters. The maximum absolute atomic E-state index is 13.8. The molecule has 0 bridgehead atoms. The normalized spacial score (nSPS) is 14.8. The van der Waals surface area contributed by atoms with Gasteiger partial charge in [-0.05, 0) is 49.0 Å². The quantitative estimate of drug-likeness (QED) is 0.581. The molecule has 1 aliphatic rings. The molecule has 0 N–H and O–H groups in total. The first kappa shape index (κ1) is 19.3. The van der Waals surface area contributed by atoms with E-state index in [9.17, 15) is 17.6 Å². The monoisotopic (exact) mass is 402 g/mol. The molecule has 4 rings (SSSR count). The van der Waals surface area contributed by atoms with Crippen LogP contribution in [0.15, 0.2) is 48.5 Å². The third-order valence-electron chi connectivity index (χ3n) is 4.94. The Bertz CT molecular complexity index is 1020. The molecule has 8 heteroatoms. The van der Waals surface area contributed by atoms with Crippen LogP contribution in [-0.4, -0.2) is 35.2 Å². The van der Waals surface area contributed by atoms with E-state index in [0.29, 0.717) is 24.5 Å². The average Bonchev–Trinajstić information content (AvgIpc) is 2.87. The summed E-state index contributed by atoms with van der Waals surface area (Å²) in [4.78, 5) is 4.06. The lowest BCUT2D eigenvalue weighted by atomic mass is 10.0. The Morgan fingerprint density at radius 1 is 0.897 bits per heavy atom. The maximum Gasteiger partial charge on any atom is 0.282 e. The largest absolute Gasteiger partial charge is 0.340 e. The third-order valence-corrected chi connectivity index (χ3v) is 4.94. The molecule has 2 heterocycles. The van der Waals surface area contributed by atoms with Gasteiger partial charge in [0.1, 0.15) is 5.69 Å². The van der Waals surface area contributed by atoms with E-state index in [-0.39, 0.29) is 5.69 Å². The minimum atomic E-state index is -2.66. The lowest BCUT2D eigenvalue weighted by molar-refractivity contribution is 0.145. The molecule has 0 spiro atoms. The zero-order valence-corrected chi connectivity index (χ0v) is 15.6. The van der Waals surface area contributed by atoms with E-state index in [1.165, 1.54) is 18.2 Å². The first-order valence-electron chi connectivity index (χ1n) is 9.08. The van der Waals surface area contributed by atoms with Crippen molar-refractivity contribution in [3.8, 4) is 11.3 Å². The van der Waals surface area contributed by atoms with E-state index in [0.717, 1.165) is 29.4 Å². The minimum Gasteiger partial charge on any atom is -0.340 e. The molecule has 0 aliphatic carbocycles.